The molecule has 180 valence electrons. The van der Waals surface area contributed by atoms with Gasteiger partial charge >= 0.3 is 5.97 Å². The quantitative estimate of drug-likeness (QED) is 0.264. The van der Waals surface area contributed by atoms with Crippen molar-refractivity contribution in [2.75, 3.05) is 12.0 Å². The zero-order valence-corrected chi connectivity index (χ0v) is 22.1. The third-order valence-electron chi connectivity index (χ3n) is 6.13. The molecule has 0 fully saturated rings. The molecule has 2 aromatic carbocycles. The smallest absolute Gasteiger partial charge is 0.340 e. The highest BCUT2D eigenvalue weighted by Gasteiger charge is 2.38. The average molecular weight is 530 g/mol. The molecule has 8 heteroatoms. The lowest BCUT2D eigenvalue weighted by Crippen LogP contribution is -2.24. The molecule has 0 radical (unpaired) electrons. The van der Waals surface area contributed by atoms with Gasteiger partial charge in [-0.15, -0.1) is 0 Å². The van der Waals surface area contributed by atoms with Crippen LogP contribution >= 0.6 is 34.8 Å². The van der Waals surface area contributed by atoms with Crippen molar-refractivity contribution in [1.82, 2.24) is 4.57 Å². The maximum atomic E-state index is 13.6. The number of methoxy groups -OCH3 is 1. The van der Waals surface area contributed by atoms with Crippen LogP contribution in [0.3, 0.4) is 0 Å². The molecule has 4 rings (SSSR count). The summed E-state index contributed by atoms with van der Waals surface area (Å²) in [6, 6.07) is 12.7. The van der Waals surface area contributed by atoms with Gasteiger partial charge in [0.2, 0.25) is 0 Å². The minimum atomic E-state index is -0.594. The molecule has 1 aliphatic rings. The fraction of sp³-hybridized carbons (Fsp3) is 0.185. The third-order valence-corrected chi connectivity index (χ3v) is 7.28. The van der Waals surface area contributed by atoms with E-state index in [4.69, 9.17) is 39.5 Å². The summed E-state index contributed by atoms with van der Waals surface area (Å²) in [5, 5.41) is 1.35. The van der Waals surface area contributed by atoms with E-state index in [0.29, 0.717) is 26.5 Å². The minimum Gasteiger partial charge on any atom is -0.465 e. The van der Waals surface area contributed by atoms with Crippen LogP contribution in [0.2, 0.25) is 15.1 Å². The Hall–Kier alpha value is -2.99. The number of amides is 1. The van der Waals surface area contributed by atoms with Crippen LogP contribution in [-0.4, -0.2) is 23.6 Å². The molecule has 3 aromatic rings. The Kier molecular flexibility index (Phi) is 6.87. The van der Waals surface area contributed by atoms with Crippen LogP contribution in [0.4, 0.5) is 5.69 Å². The van der Waals surface area contributed by atoms with E-state index in [1.807, 2.05) is 45.0 Å². The second kappa shape index (κ2) is 9.57. The SMILES string of the molecule is COC(=O)C1=C(C)N(c2ccc(Cl)c(Cl)c2)C(=O)/C1=C\c1cc(C)n(-c2ccc(C)c(Cl)c2)c1C. The van der Waals surface area contributed by atoms with Crippen LogP contribution in [0.25, 0.3) is 11.8 Å². The molecule has 0 aliphatic carbocycles. The average Bonchev–Trinajstić information content (AvgIpc) is 3.23. The molecule has 35 heavy (non-hydrogen) atoms. The first-order chi connectivity index (χ1) is 16.5. The van der Waals surface area contributed by atoms with Crippen molar-refractivity contribution in [2.45, 2.75) is 27.7 Å². The molecule has 5 nitrogen and oxygen atoms in total. The van der Waals surface area contributed by atoms with Crippen molar-refractivity contribution in [3.05, 3.63) is 96.9 Å². The van der Waals surface area contributed by atoms with Gasteiger partial charge in [-0.1, -0.05) is 40.9 Å². The van der Waals surface area contributed by atoms with E-state index in [-0.39, 0.29) is 17.1 Å². The first-order valence-electron chi connectivity index (χ1n) is 10.8. The van der Waals surface area contributed by atoms with Gasteiger partial charge in [0.05, 0.1) is 34.0 Å². The number of rotatable bonds is 4. The highest BCUT2D eigenvalue weighted by atomic mass is 35.5. The van der Waals surface area contributed by atoms with E-state index in [0.717, 1.165) is 28.2 Å². The highest BCUT2D eigenvalue weighted by molar-refractivity contribution is 6.42. The summed E-state index contributed by atoms with van der Waals surface area (Å²) < 4.78 is 7.07. The molecule has 0 saturated carbocycles. The van der Waals surface area contributed by atoms with E-state index < -0.39 is 5.97 Å². The van der Waals surface area contributed by atoms with E-state index in [2.05, 4.69) is 4.57 Å². The highest BCUT2D eigenvalue weighted by Crippen LogP contribution is 2.38. The Bertz CT molecular complexity index is 1450. The molecular formula is C27H23Cl3N2O3. The standard InChI is InChI=1S/C27H23Cl3N2O3/c1-14-6-7-19(12-23(14)29)31-15(2)10-18(16(31)3)11-21-25(27(34)35-5)17(4)32(26(21)33)20-8-9-22(28)24(30)13-20/h6-13H,1-5H3/b21-11-. The summed E-state index contributed by atoms with van der Waals surface area (Å²) in [7, 11) is 1.29. The second-order valence-electron chi connectivity index (χ2n) is 8.34. The molecule has 0 N–H and O–H groups in total. The number of esters is 1. The van der Waals surface area contributed by atoms with Gasteiger partial charge < -0.3 is 9.30 Å². The number of ether oxygens (including phenoxy) is 1. The summed E-state index contributed by atoms with van der Waals surface area (Å²) in [6.07, 6.45) is 1.73. The van der Waals surface area contributed by atoms with Crippen molar-refractivity contribution in [3.63, 3.8) is 0 Å². The number of anilines is 1. The van der Waals surface area contributed by atoms with Crippen molar-refractivity contribution in [3.8, 4) is 5.69 Å². The molecule has 0 saturated heterocycles. The summed E-state index contributed by atoms with van der Waals surface area (Å²) in [6.45, 7) is 7.58. The van der Waals surface area contributed by atoms with Gasteiger partial charge in [-0.2, -0.15) is 0 Å². The Morgan fingerprint density at radius 3 is 2.17 bits per heavy atom. The maximum Gasteiger partial charge on any atom is 0.340 e. The molecule has 0 spiro atoms. The van der Waals surface area contributed by atoms with Crippen LogP contribution in [-0.2, 0) is 14.3 Å². The molecule has 2 heterocycles. The number of aromatic nitrogens is 1. The topological polar surface area (TPSA) is 51.5 Å². The minimum absolute atomic E-state index is 0.201. The first-order valence-corrected chi connectivity index (χ1v) is 11.9. The van der Waals surface area contributed by atoms with Gasteiger partial charge in [-0.3, -0.25) is 9.69 Å². The number of aryl methyl sites for hydroxylation is 2. The number of hydrogen-bond donors (Lipinski definition) is 0. The number of carbonyl (C=O) groups excluding carboxylic acids is 2. The lowest BCUT2D eigenvalue weighted by Gasteiger charge is -2.18. The summed E-state index contributed by atoms with van der Waals surface area (Å²) in [5.74, 6) is -0.951. The molecule has 0 unspecified atom stereocenters. The Morgan fingerprint density at radius 1 is 0.886 bits per heavy atom. The molecule has 0 bridgehead atoms. The van der Waals surface area contributed by atoms with Crippen molar-refractivity contribution in [1.29, 1.82) is 0 Å². The van der Waals surface area contributed by atoms with Crippen molar-refractivity contribution in [2.24, 2.45) is 0 Å². The molecular weight excluding hydrogens is 507 g/mol. The van der Waals surface area contributed by atoms with Gasteiger partial charge in [-0.25, -0.2) is 4.79 Å². The lowest BCUT2D eigenvalue weighted by molar-refractivity contribution is -0.136. The first kappa shape index (κ1) is 25.1. The van der Waals surface area contributed by atoms with Crippen LogP contribution in [0.1, 0.15) is 29.4 Å². The van der Waals surface area contributed by atoms with Gasteiger partial charge in [-0.05, 0) is 81.3 Å². The molecule has 0 atom stereocenters. The van der Waals surface area contributed by atoms with Crippen molar-refractivity contribution < 1.29 is 14.3 Å². The fourth-order valence-electron chi connectivity index (χ4n) is 4.32. The zero-order valence-electron chi connectivity index (χ0n) is 19.9. The van der Waals surface area contributed by atoms with E-state index in [9.17, 15) is 9.59 Å². The zero-order chi connectivity index (χ0) is 25.6. The fourth-order valence-corrected chi connectivity index (χ4v) is 4.79. The molecule has 1 aliphatic heterocycles. The normalized spacial score (nSPS) is 14.9. The monoisotopic (exact) mass is 528 g/mol. The van der Waals surface area contributed by atoms with E-state index in [1.54, 1.807) is 31.2 Å². The number of nitrogens with zero attached hydrogens (tertiary/aromatic N) is 2. The van der Waals surface area contributed by atoms with Gasteiger partial charge in [0.15, 0.2) is 0 Å². The van der Waals surface area contributed by atoms with E-state index in [1.165, 1.54) is 12.0 Å². The van der Waals surface area contributed by atoms with Crippen LogP contribution in [0.5, 0.6) is 0 Å². The summed E-state index contributed by atoms with van der Waals surface area (Å²) in [5.41, 5.74) is 5.95. The number of halogens is 3. The number of allylic oxidation sites excluding steroid dienone is 1. The lowest BCUT2D eigenvalue weighted by atomic mass is 10.0. The number of carbonyl (C=O) groups is 2. The van der Waals surface area contributed by atoms with Crippen LogP contribution in [0, 0.1) is 20.8 Å². The Balaban J connectivity index is 1.85. The largest absolute Gasteiger partial charge is 0.465 e. The second-order valence-corrected chi connectivity index (χ2v) is 9.57. The van der Waals surface area contributed by atoms with Gasteiger partial charge in [0, 0.05) is 27.8 Å². The summed E-state index contributed by atoms with van der Waals surface area (Å²) in [4.78, 5) is 27.8. The number of benzene rings is 2. The van der Waals surface area contributed by atoms with Crippen LogP contribution in [0.15, 0.2) is 59.3 Å². The van der Waals surface area contributed by atoms with Gasteiger partial charge in [0.25, 0.3) is 5.91 Å². The predicted octanol–water partition coefficient (Wildman–Crippen LogP) is 7.24. The van der Waals surface area contributed by atoms with Crippen molar-refractivity contribution >= 4 is 58.4 Å². The maximum absolute atomic E-state index is 13.6. The van der Waals surface area contributed by atoms with E-state index >= 15 is 0 Å². The Morgan fingerprint density at radius 2 is 1.54 bits per heavy atom. The third kappa shape index (κ3) is 4.40. The molecule has 1 aromatic heterocycles. The summed E-state index contributed by atoms with van der Waals surface area (Å²) >= 11 is 18.6. The molecule has 1 amide bonds. The van der Waals surface area contributed by atoms with Gasteiger partial charge in [0.1, 0.15) is 0 Å². The Labute approximate surface area is 219 Å². The number of hydrogen-bond acceptors (Lipinski definition) is 3. The predicted molar refractivity (Wildman–Crippen MR) is 142 cm³/mol. The van der Waals surface area contributed by atoms with Crippen LogP contribution < -0.4 is 4.90 Å².